The molecule has 39 heavy (non-hydrogen) atoms. The molecule has 7 nitrogen and oxygen atoms in total. The van der Waals surface area contributed by atoms with E-state index in [2.05, 4.69) is 54.7 Å². The van der Waals surface area contributed by atoms with E-state index in [-0.39, 0.29) is 18.5 Å². The fourth-order valence-electron chi connectivity index (χ4n) is 5.68. The van der Waals surface area contributed by atoms with Crippen LogP contribution in [0, 0.1) is 30.6 Å². The van der Waals surface area contributed by atoms with E-state index in [0.29, 0.717) is 36.8 Å². The van der Waals surface area contributed by atoms with Gasteiger partial charge in [-0.15, -0.1) is 0 Å². The largest absolute Gasteiger partial charge is 0.497 e. The van der Waals surface area contributed by atoms with Gasteiger partial charge in [-0.25, -0.2) is 9.10 Å². The number of nitrogens with zero attached hydrogens (tertiary/aromatic N) is 1. The second-order valence-corrected chi connectivity index (χ2v) is 12.2. The van der Waals surface area contributed by atoms with Crippen LogP contribution >= 0.6 is 11.9 Å². The second kappa shape index (κ2) is 14.9. The highest BCUT2D eigenvalue weighted by molar-refractivity contribution is 7.97. The van der Waals surface area contributed by atoms with Crippen molar-refractivity contribution in [3.8, 4) is 5.75 Å². The van der Waals surface area contributed by atoms with Crippen molar-refractivity contribution < 1.29 is 23.7 Å². The molecule has 1 N–H and O–H groups in total. The number of rotatable bonds is 10. The number of carbonyl (C=O) groups excluding carboxylic acids is 1. The number of benzene rings is 2. The minimum absolute atomic E-state index is 0.0108. The van der Waals surface area contributed by atoms with Crippen molar-refractivity contribution >= 4 is 18.0 Å². The minimum atomic E-state index is -0.294. The van der Waals surface area contributed by atoms with Gasteiger partial charge in [0, 0.05) is 36.4 Å². The molecule has 0 radical (unpaired) electrons. The van der Waals surface area contributed by atoms with Crippen LogP contribution in [0.5, 0.6) is 5.75 Å². The van der Waals surface area contributed by atoms with E-state index in [4.69, 9.17) is 18.9 Å². The number of hydrogen-bond donors (Lipinski definition) is 1. The first kappa shape index (κ1) is 29.7. The summed E-state index contributed by atoms with van der Waals surface area (Å²) in [5.41, 5.74) is 1.32. The number of nitrogens with one attached hydrogen (secondary N) is 1. The average molecular weight is 557 g/mol. The van der Waals surface area contributed by atoms with Crippen LogP contribution in [0.1, 0.15) is 38.7 Å². The molecule has 1 aliphatic carbocycles. The molecule has 2 aliphatic heterocycles. The number of ether oxygens (including phenoxy) is 4. The first-order valence-corrected chi connectivity index (χ1v) is 15.0. The van der Waals surface area contributed by atoms with E-state index in [1.165, 1.54) is 10.5 Å². The van der Waals surface area contributed by atoms with E-state index >= 15 is 0 Å². The van der Waals surface area contributed by atoms with E-state index in [1.807, 2.05) is 30.3 Å². The minimum Gasteiger partial charge on any atom is -0.497 e. The fourth-order valence-corrected chi connectivity index (χ4v) is 6.83. The Hall–Kier alpha value is -2.26. The Morgan fingerprint density at radius 3 is 2.56 bits per heavy atom. The lowest BCUT2D eigenvalue weighted by Gasteiger charge is -2.32. The van der Waals surface area contributed by atoms with Gasteiger partial charge in [-0.2, -0.15) is 0 Å². The molecule has 0 aromatic heterocycles. The van der Waals surface area contributed by atoms with Crippen LogP contribution in [0.4, 0.5) is 4.79 Å². The zero-order chi connectivity index (χ0) is 27.6. The lowest BCUT2D eigenvalue weighted by atomic mass is 9.87. The standard InChI is InChI=1S/C24H36N2O5S.C7H8/c1-16(2)14-26(32-19-7-5-18(28-3)6-8-19)11-4-10-25-24(27)31-21-13-17-15-30-23-22(17)20(21)9-12-29-23;1-7-5-3-2-4-6-7/h5-8,16-17,20-23H,4,9-15H2,1-3H3,(H,25,27);2-6H,1H3/t17-,20?,21?,22?,23?;/m0./s1. The number of carbonyl (C=O) groups is 1. The molecule has 5 rings (SSSR count). The van der Waals surface area contributed by atoms with Crippen molar-refractivity contribution in [3.05, 3.63) is 60.2 Å². The van der Waals surface area contributed by atoms with Crippen molar-refractivity contribution in [2.45, 2.75) is 57.3 Å². The molecule has 2 saturated heterocycles. The summed E-state index contributed by atoms with van der Waals surface area (Å²) in [6.07, 6.45) is 2.31. The second-order valence-electron chi connectivity index (χ2n) is 11.0. The van der Waals surface area contributed by atoms with Crippen LogP contribution in [0.3, 0.4) is 0 Å². The van der Waals surface area contributed by atoms with Crippen LogP contribution < -0.4 is 10.1 Å². The zero-order valence-electron chi connectivity index (χ0n) is 23.7. The van der Waals surface area contributed by atoms with Gasteiger partial charge < -0.3 is 24.3 Å². The van der Waals surface area contributed by atoms with Gasteiger partial charge in [0.2, 0.25) is 0 Å². The summed E-state index contributed by atoms with van der Waals surface area (Å²) in [5, 5.41) is 2.96. The van der Waals surface area contributed by atoms with Crippen LogP contribution in [0.15, 0.2) is 59.5 Å². The van der Waals surface area contributed by atoms with Crippen LogP contribution in [0.2, 0.25) is 0 Å². The molecule has 1 saturated carbocycles. The Morgan fingerprint density at radius 2 is 1.90 bits per heavy atom. The van der Waals surface area contributed by atoms with Gasteiger partial charge in [-0.3, -0.25) is 0 Å². The molecule has 2 heterocycles. The summed E-state index contributed by atoms with van der Waals surface area (Å²) >= 11 is 1.75. The van der Waals surface area contributed by atoms with Gasteiger partial charge in [-0.05, 0) is 74.2 Å². The quantitative estimate of drug-likeness (QED) is 0.277. The first-order valence-electron chi connectivity index (χ1n) is 14.2. The van der Waals surface area contributed by atoms with Gasteiger partial charge in [0.25, 0.3) is 0 Å². The van der Waals surface area contributed by atoms with Gasteiger partial charge in [0.15, 0.2) is 6.29 Å². The van der Waals surface area contributed by atoms with Gasteiger partial charge >= 0.3 is 6.09 Å². The highest BCUT2D eigenvalue weighted by Gasteiger charge is 2.54. The summed E-state index contributed by atoms with van der Waals surface area (Å²) < 4.78 is 24.9. The highest BCUT2D eigenvalue weighted by Crippen LogP contribution is 2.49. The van der Waals surface area contributed by atoms with Crippen molar-refractivity contribution in [2.75, 3.05) is 40.0 Å². The molecule has 3 fully saturated rings. The van der Waals surface area contributed by atoms with Crippen LogP contribution in [-0.2, 0) is 14.2 Å². The molecule has 214 valence electrons. The average Bonchev–Trinajstić information content (AvgIpc) is 3.50. The zero-order valence-corrected chi connectivity index (χ0v) is 24.5. The Labute approximate surface area is 238 Å². The van der Waals surface area contributed by atoms with Gasteiger partial charge in [0.1, 0.15) is 11.9 Å². The topological polar surface area (TPSA) is 69.3 Å². The summed E-state index contributed by atoms with van der Waals surface area (Å²) in [6, 6.07) is 18.4. The van der Waals surface area contributed by atoms with Crippen LogP contribution in [-0.4, -0.2) is 62.8 Å². The third-order valence-electron chi connectivity index (χ3n) is 7.49. The van der Waals surface area contributed by atoms with E-state index in [1.54, 1.807) is 19.1 Å². The van der Waals surface area contributed by atoms with E-state index in [9.17, 15) is 4.79 Å². The molecule has 0 spiro atoms. The Bertz CT molecular complexity index is 1000. The third kappa shape index (κ3) is 8.87. The molecule has 8 heteroatoms. The lowest BCUT2D eigenvalue weighted by molar-refractivity contribution is -0.173. The molecule has 2 aromatic rings. The first-order chi connectivity index (χ1) is 18.9. The number of methoxy groups -OCH3 is 1. The molecular formula is C31H44N2O5S. The molecule has 1 amide bonds. The fraction of sp³-hybridized carbons (Fsp3) is 0.581. The summed E-state index contributed by atoms with van der Waals surface area (Å²) in [6.45, 7) is 10.4. The highest BCUT2D eigenvalue weighted by atomic mass is 32.2. The molecular weight excluding hydrogens is 512 g/mol. The van der Waals surface area contributed by atoms with E-state index < -0.39 is 0 Å². The van der Waals surface area contributed by atoms with Gasteiger partial charge in [-0.1, -0.05) is 49.7 Å². The predicted octanol–water partition coefficient (Wildman–Crippen LogP) is 6.17. The number of hydrogen-bond acceptors (Lipinski definition) is 7. The Balaban J connectivity index is 0.000000438. The normalized spacial score (nSPS) is 25.1. The monoisotopic (exact) mass is 556 g/mol. The maximum atomic E-state index is 12.4. The predicted molar refractivity (Wildman–Crippen MR) is 155 cm³/mol. The van der Waals surface area contributed by atoms with Crippen molar-refractivity contribution in [3.63, 3.8) is 0 Å². The maximum Gasteiger partial charge on any atom is 0.407 e. The van der Waals surface area contributed by atoms with Crippen molar-refractivity contribution in [1.82, 2.24) is 9.62 Å². The van der Waals surface area contributed by atoms with Crippen molar-refractivity contribution in [2.24, 2.45) is 23.7 Å². The lowest BCUT2D eigenvalue weighted by Crippen LogP contribution is -2.39. The van der Waals surface area contributed by atoms with Crippen LogP contribution in [0.25, 0.3) is 0 Å². The molecule has 3 aliphatic rings. The summed E-state index contributed by atoms with van der Waals surface area (Å²) in [7, 11) is 1.68. The number of alkyl carbamates (subject to hydrolysis) is 1. The van der Waals surface area contributed by atoms with Crippen molar-refractivity contribution in [1.29, 1.82) is 0 Å². The molecule has 0 bridgehead atoms. The Kier molecular flexibility index (Phi) is 11.4. The summed E-state index contributed by atoms with van der Waals surface area (Å²) in [5.74, 6) is 2.65. The molecule has 4 unspecified atom stereocenters. The number of aryl methyl sites for hydroxylation is 1. The van der Waals surface area contributed by atoms with E-state index in [0.717, 1.165) is 44.7 Å². The third-order valence-corrected chi connectivity index (χ3v) is 8.56. The van der Waals surface area contributed by atoms with Gasteiger partial charge in [0.05, 0.1) is 20.3 Å². The summed E-state index contributed by atoms with van der Waals surface area (Å²) in [4.78, 5) is 13.6. The molecule has 5 atom stereocenters. The SMILES string of the molecule is COc1ccc(SN(CCCNC(=O)OC2C[C@H]3COC4OCCC2C43)CC(C)C)cc1.Cc1ccccc1. The Morgan fingerprint density at radius 1 is 1.13 bits per heavy atom. The maximum absolute atomic E-state index is 12.4. The number of amides is 1. The molecule has 2 aromatic carbocycles. The smallest absolute Gasteiger partial charge is 0.407 e.